The Balaban J connectivity index is 2.52. The van der Waals surface area contributed by atoms with Gasteiger partial charge >= 0.3 is 0 Å². The van der Waals surface area contributed by atoms with Crippen LogP contribution in [-0.2, 0) is 6.54 Å². The normalized spacial score (nSPS) is 12.9. The summed E-state index contributed by atoms with van der Waals surface area (Å²) in [5, 5.41) is 4.73. The van der Waals surface area contributed by atoms with Gasteiger partial charge in [0.1, 0.15) is 5.69 Å². The molecule has 5 nitrogen and oxygen atoms in total. The van der Waals surface area contributed by atoms with Crippen molar-refractivity contribution in [1.29, 1.82) is 0 Å². The van der Waals surface area contributed by atoms with Gasteiger partial charge in [-0.15, -0.1) is 0 Å². The summed E-state index contributed by atoms with van der Waals surface area (Å²) in [6.07, 6.45) is 5.84. The van der Waals surface area contributed by atoms with Crippen molar-refractivity contribution in [3.63, 3.8) is 0 Å². The highest BCUT2D eigenvalue weighted by molar-refractivity contribution is 5.85. The molecule has 1 atom stereocenters. The number of hydrogen-bond acceptors (Lipinski definition) is 4. The van der Waals surface area contributed by atoms with E-state index in [-0.39, 0.29) is 6.04 Å². The molecule has 1 heterocycles. The van der Waals surface area contributed by atoms with E-state index < -0.39 is 0 Å². The fourth-order valence-corrected chi connectivity index (χ4v) is 2.77. The average Bonchev–Trinajstić information content (AvgIpc) is 3.01. The molecule has 0 aliphatic heterocycles. The zero-order valence-electron chi connectivity index (χ0n) is 16.0. The summed E-state index contributed by atoms with van der Waals surface area (Å²) >= 11 is 0. The third-order valence-electron chi connectivity index (χ3n) is 4.13. The lowest BCUT2D eigenvalue weighted by Gasteiger charge is -2.13. The van der Waals surface area contributed by atoms with Crippen molar-refractivity contribution >= 4 is 23.8 Å². The Kier molecular flexibility index (Phi) is 6.68. The molecule has 0 fully saturated rings. The summed E-state index contributed by atoms with van der Waals surface area (Å²) in [4.78, 5) is 4.16. The highest BCUT2D eigenvalue weighted by atomic mass is 15.3. The summed E-state index contributed by atoms with van der Waals surface area (Å²) in [5.41, 5.74) is 17.0. The van der Waals surface area contributed by atoms with E-state index in [4.69, 9.17) is 16.6 Å². The number of allylic oxidation sites excluding steroid dienone is 5. The van der Waals surface area contributed by atoms with Crippen LogP contribution in [-0.4, -0.2) is 16.5 Å². The van der Waals surface area contributed by atoms with Gasteiger partial charge in [-0.25, -0.2) is 9.67 Å². The molecule has 0 amide bonds. The van der Waals surface area contributed by atoms with E-state index in [2.05, 4.69) is 24.9 Å². The second kappa shape index (κ2) is 8.96. The molecule has 0 saturated heterocycles. The van der Waals surface area contributed by atoms with E-state index in [1.807, 2.05) is 62.4 Å². The van der Waals surface area contributed by atoms with E-state index in [1.54, 1.807) is 4.68 Å². The number of rotatable bonds is 8. The molecule has 2 aromatic rings. The van der Waals surface area contributed by atoms with Crippen molar-refractivity contribution in [3.8, 4) is 0 Å². The Bertz CT molecular complexity index is 900. The predicted octanol–water partition coefficient (Wildman–Crippen LogP) is 4.38. The molecular weight excluding hydrogens is 334 g/mol. The minimum Gasteiger partial charge on any atom is -0.399 e. The molecule has 1 aromatic carbocycles. The first kappa shape index (κ1) is 20.1. The van der Waals surface area contributed by atoms with Crippen LogP contribution in [0.4, 0.5) is 5.82 Å². The summed E-state index contributed by atoms with van der Waals surface area (Å²) in [5.74, 6) is 0.562. The van der Waals surface area contributed by atoms with E-state index in [9.17, 15) is 0 Å². The molecule has 27 heavy (non-hydrogen) atoms. The van der Waals surface area contributed by atoms with Crippen LogP contribution >= 0.6 is 0 Å². The van der Waals surface area contributed by atoms with Gasteiger partial charge < -0.3 is 11.5 Å². The van der Waals surface area contributed by atoms with Crippen LogP contribution in [0, 0.1) is 0 Å². The first-order valence-corrected chi connectivity index (χ1v) is 8.72. The Labute approximate surface area is 161 Å². The van der Waals surface area contributed by atoms with Gasteiger partial charge in [-0.1, -0.05) is 67.3 Å². The quantitative estimate of drug-likeness (QED) is 0.541. The lowest BCUT2D eigenvalue weighted by Crippen LogP contribution is -2.18. The second-order valence-corrected chi connectivity index (χ2v) is 6.35. The lowest BCUT2D eigenvalue weighted by atomic mass is 10.0. The van der Waals surface area contributed by atoms with Gasteiger partial charge in [0.2, 0.25) is 0 Å². The molecule has 1 aromatic heterocycles. The molecule has 2 rings (SSSR count). The largest absolute Gasteiger partial charge is 0.399 e. The number of benzene rings is 1. The predicted molar refractivity (Wildman–Crippen MR) is 116 cm³/mol. The molecule has 0 bridgehead atoms. The molecule has 0 spiro atoms. The Morgan fingerprint density at radius 2 is 1.93 bits per heavy atom. The average molecular weight is 361 g/mol. The van der Waals surface area contributed by atoms with Gasteiger partial charge in [-0.2, -0.15) is 5.10 Å². The van der Waals surface area contributed by atoms with Gasteiger partial charge in [0.15, 0.2) is 5.82 Å². The SMILES string of the molecule is C=Nc1c(C(=C)N)c(C(/C=C\C(=C)C)=C/C)nn1CC(N)c1ccccc1. The van der Waals surface area contributed by atoms with E-state index in [0.29, 0.717) is 29.3 Å². The standard InChI is InChI=1S/C22H27N5/c1-6-17(13-12-15(2)3)21-20(16(4)23)22(25-5)27(26-21)14-19(24)18-10-8-7-9-11-18/h6-13,19H,2,4-5,14,23-24H2,1,3H3/b13-12-,17-6+. The van der Waals surface area contributed by atoms with Crippen molar-refractivity contribution in [2.45, 2.75) is 26.4 Å². The summed E-state index contributed by atoms with van der Waals surface area (Å²) in [6, 6.07) is 9.63. The minimum atomic E-state index is -0.238. The Morgan fingerprint density at radius 1 is 1.26 bits per heavy atom. The van der Waals surface area contributed by atoms with Crippen LogP contribution in [0.2, 0.25) is 0 Å². The van der Waals surface area contributed by atoms with Gasteiger partial charge in [0.05, 0.1) is 12.1 Å². The van der Waals surface area contributed by atoms with E-state index in [0.717, 1.165) is 16.7 Å². The number of nitrogens with zero attached hydrogens (tertiary/aromatic N) is 3. The van der Waals surface area contributed by atoms with Crippen molar-refractivity contribution in [2.24, 2.45) is 16.5 Å². The third kappa shape index (κ3) is 4.71. The van der Waals surface area contributed by atoms with Crippen LogP contribution in [0.15, 0.2) is 72.3 Å². The Hall–Kier alpha value is -3.18. The van der Waals surface area contributed by atoms with Crippen molar-refractivity contribution in [2.75, 3.05) is 0 Å². The molecule has 0 aliphatic carbocycles. The number of nitrogens with two attached hydrogens (primary N) is 2. The minimum absolute atomic E-state index is 0.238. The smallest absolute Gasteiger partial charge is 0.159 e. The fourth-order valence-electron chi connectivity index (χ4n) is 2.77. The summed E-state index contributed by atoms with van der Waals surface area (Å²) < 4.78 is 1.74. The monoisotopic (exact) mass is 361 g/mol. The number of aromatic nitrogens is 2. The zero-order chi connectivity index (χ0) is 20.0. The maximum absolute atomic E-state index is 6.38. The molecule has 140 valence electrons. The lowest BCUT2D eigenvalue weighted by molar-refractivity contribution is 0.530. The van der Waals surface area contributed by atoms with Gasteiger partial charge in [-0.05, 0) is 31.7 Å². The van der Waals surface area contributed by atoms with E-state index >= 15 is 0 Å². The Morgan fingerprint density at radius 3 is 2.44 bits per heavy atom. The molecular formula is C22H27N5. The van der Waals surface area contributed by atoms with Gasteiger partial charge in [0.25, 0.3) is 0 Å². The van der Waals surface area contributed by atoms with Crippen LogP contribution in [0.5, 0.6) is 0 Å². The molecule has 5 heteroatoms. The van der Waals surface area contributed by atoms with Crippen LogP contribution in [0.1, 0.15) is 36.7 Å². The molecule has 4 N–H and O–H groups in total. The zero-order valence-corrected chi connectivity index (χ0v) is 16.0. The molecule has 0 saturated carbocycles. The van der Waals surface area contributed by atoms with Crippen LogP contribution < -0.4 is 11.5 Å². The topological polar surface area (TPSA) is 82.2 Å². The third-order valence-corrected chi connectivity index (χ3v) is 4.13. The van der Waals surface area contributed by atoms with Gasteiger partial charge in [-0.3, -0.25) is 0 Å². The number of aliphatic imine (C=N–C) groups is 1. The molecule has 1 unspecified atom stereocenters. The van der Waals surface area contributed by atoms with Crippen molar-refractivity contribution in [3.05, 3.63) is 84.1 Å². The first-order valence-electron chi connectivity index (χ1n) is 8.72. The van der Waals surface area contributed by atoms with E-state index in [1.165, 1.54) is 0 Å². The van der Waals surface area contributed by atoms with Crippen molar-refractivity contribution in [1.82, 2.24) is 9.78 Å². The summed E-state index contributed by atoms with van der Waals surface area (Å²) in [6.45, 7) is 15.8. The van der Waals surface area contributed by atoms with Gasteiger partial charge in [0, 0.05) is 11.7 Å². The molecule has 0 radical (unpaired) electrons. The highest BCUT2D eigenvalue weighted by Crippen LogP contribution is 2.32. The molecule has 0 aliphatic rings. The maximum atomic E-state index is 6.38. The van der Waals surface area contributed by atoms with Crippen molar-refractivity contribution < 1.29 is 0 Å². The fraction of sp³-hybridized carbons (Fsp3) is 0.182. The van der Waals surface area contributed by atoms with Crippen LogP contribution in [0.3, 0.4) is 0 Å². The summed E-state index contributed by atoms with van der Waals surface area (Å²) in [7, 11) is 0. The number of hydrogen-bond donors (Lipinski definition) is 2. The van der Waals surface area contributed by atoms with Crippen LogP contribution in [0.25, 0.3) is 11.3 Å². The maximum Gasteiger partial charge on any atom is 0.159 e. The highest BCUT2D eigenvalue weighted by Gasteiger charge is 2.21. The first-order chi connectivity index (χ1) is 12.9. The second-order valence-electron chi connectivity index (χ2n) is 6.35.